The largest absolute Gasteiger partial charge is 0.289 e. The fourth-order valence-electron chi connectivity index (χ4n) is 3.86. The Morgan fingerprint density at radius 2 is 0.750 bits per heavy atom. The second-order valence-electron chi connectivity index (χ2n) is 7.48. The summed E-state index contributed by atoms with van der Waals surface area (Å²) in [6, 6.07) is 17.3. The van der Waals surface area contributed by atoms with E-state index in [9.17, 15) is 19.2 Å². The Morgan fingerprint density at radius 1 is 0.469 bits per heavy atom. The van der Waals surface area contributed by atoms with Crippen molar-refractivity contribution >= 4 is 46.3 Å². The highest BCUT2D eigenvalue weighted by Gasteiger charge is 2.32. The van der Waals surface area contributed by atoms with Crippen LogP contribution in [-0.2, 0) is 0 Å². The van der Waals surface area contributed by atoms with Crippen molar-refractivity contribution in [3.8, 4) is 0 Å². The van der Waals surface area contributed by atoms with Crippen molar-refractivity contribution in [3.05, 3.63) is 115 Å². The van der Waals surface area contributed by atoms with Crippen LogP contribution in [0.25, 0.3) is 0 Å². The number of fused-ring (bicyclic) bond motifs is 3. The Morgan fingerprint density at radius 3 is 1.06 bits per heavy atom. The summed E-state index contributed by atoms with van der Waals surface area (Å²) in [6.07, 6.45) is 0. The van der Waals surface area contributed by atoms with Gasteiger partial charge in [-0.05, 0) is 25.0 Å². The van der Waals surface area contributed by atoms with Crippen LogP contribution in [0.15, 0.2) is 70.7 Å². The molecule has 3 aromatic rings. The van der Waals surface area contributed by atoms with E-state index < -0.39 is 11.6 Å². The third kappa shape index (κ3) is 3.42. The molecule has 0 atom stereocenters. The molecule has 0 spiro atoms. The summed E-state index contributed by atoms with van der Waals surface area (Å²) in [6.45, 7) is 3.74. The molecular weight excluding hydrogens is 447 g/mol. The van der Waals surface area contributed by atoms with Gasteiger partial charge in [0.05, 0.1) is 0 Å². The van der Waals surface area contributed by atoms with Gasteiger partial charge in [-0.1, -0.05) is 83.9 Å². The maximum Gasteiger partial charge on any atom is 0.206 e. The molecule has 32 heavy (non-hydrogen) atoms. The van der Waals surface area contributed by atoms with Crippen LogP contribution in [0.1, 0.15) is 63.7 Å². The zero-order chi connectivity index (χ0) is 23.2. The quantitative estimate of drug-likeness (QED) is 0.329. The highest BCUT2D eigenvalue weighted by Crippen LogP contribution is 2.31. The molecule has 0 N–H and O–H groups in total. The van der Waals surface area contributed by atoms with E-state index in [0.29, 0.717) is 33.4 Å². The standard InChI is InChI=1S/C16H12O2.C10H4Cl2O2/c1-9-7-8-10(2)14-13(9)15(17)11-5-3-4-6-12(11)16(14)18;11-7-8(12)10(14)6-4-2-1-3-5(6)9(7)13/h3-8H,1-2H3;1-4H. The smallest absolute Gasteiger partial charge is 0.206 e. The predicted molar refractivity (Wildman–Crippen MR) is 123 cm³/mol. The van der Waals surface area contributed by atoms with E-state index in [-0.39, 0.29) is 21.6 Å². The summed E-state index contributed by atoms with van der Waals surface area (Å²) in [4.78, 5) is 48.0. The lowest BCUT2D eigenvalue weighted by Gasteiger charge is -2.20. The molecule has 5 rings (SSSR count). The van der Waals surface area contributed by atoms with E-state index in [2.05, 4.69) is 0 Å². The Kier molecular flexibility index (Phi) is 5.68. The maximum atomic E-state index is 12.5. The average molecular weight is 463 g/mol. The molecule has 158 valence electrons. The van der Waals surface area contributed by atoms with Crippen molar-refractivity contribution in [2.24, 2.45) is 0 Å². The van der Waals surface area contributed by atoms with Crippen LogP contribution in [0.5, 0.6) is 0 Å². The highest BCUT2D eigenvalue weighted by molar-refractivity contribution is 6.59. The molecule has 0 aromatic heterocycles. The van der Waals surface area contributed by atoms with Crippen molar-refractivity contribution in [1.82, 2.24) is 0 Å². The van der Waals surface area contributed by atoms with Crippen LogP contribution in [0.2, 0.25) is 0 Å². The third-order valence-corrected chi connectivity index (χ3v) is 6.32. The molecule has 0 unspecified atom stereocenters. The van der Waals surface area contributed by atoms with Crippen molar-refractivity contribution in [1.29, 1.82) is 0 Å². The van der Waals surface area contributed by atoms with Gasteiger partial charge < -0.3 is 0 Å². The zero-order valence-corrected chi connectivity index (χ0v) is 18.7. The van der Waals surface area contributed by atoms with E-state index in [1.807, 2.05) is 26.0 Å². The average Bonchev–Trinajstić information content (AvgIpc) is 2.81. The van der Waals surface area contributed by atoms with Crippen molar-refractivity contribution in [2.45, 2.75) is 13.8 Å². The van der Waals surface area contributed by atoms with E-state index >= 15 is 0 Å². The van der Waals surface area contributed by atoms with Gasteiger partial charge >= 0.3 is 0 Å². The fourth-order valence-corrected chi connectivity index (χ4v) is 4.23. The molecule has 0 saturated carbocycles. The number of Topliss-reactive ketones (excluding diaryl/α,β-unsaturated/α-hetero) is 2. The summed E-state index contributed by atoms with van der Waals surface area (Å²) in [5.41, 5.74) is 4.52. The lowest BCUT2D eigenvalue weighted by atomic mass is 9.80. The fraction of sp³-hybridized carbons (Fsp3) is 0.0769. The van der Waals surface area contributed by atoms with Gasteiger partial charge in [-0.25, -0.2) is 0 Å². The first kappa shape index (κ1) is 21.9. The number of aryl methyl sites for hydroxylation is 2. The number of carbonyl (C=O) groups excluding carboxylic acids is 4. The molecule has 0 saturated heterocycles. The molecule has 0 amide bonds. The van der Waals surface area contributed by atoms with Gasteiger partial charge in [-0.3, -0.25) is 19.2 Å². The van der Waals surface area contributed by atoms with Crippen LogP contribution in [0.4, 0.5) is 0 Å². The molecule has 2 aliphatic carbocycles. The molecule has 4 nitrogen and oxygen atoms in total. The summed E-state index contributed by atoms with van der Waals surface area (Å²) < 4.78 is 0. The van der Waals surface area contributed by atoms with Crippen LogP contribution >= 0.6 is 23.2 Å². The van der Waals surface area contributed by atoms with Gasteiger partial charge in [0.15, 0.2) is 11.6 Å². The Bertz CT molecular complexity index is 1280. The molecule has 2 aliphatic rings. The van der Waals surface area contributed by atoms with Gasteiger partial charge in [0, 0.05) is 33.4 Å². The molecule has 3 aromatic carbocycles. The number of ketones is 4. The first-order valence-electron chi connectivity index (χ1n) is 9.76. The van der Waals surface area contributed by atoms with Crippen molar-refractivity contribution in [3.63, 3.8) is 0 Å². The topological polar surface area (TPSA) is 68.3 Å². The zero-order valence-electron chi connectivity index (χ0n) is 17.2. The molecule has 0 fully saturated rings. The van der Waals surface area contributed by atoms with E-state index in [1.54, 1.807) is 48.5 Å². The Hall–Kier alpha value is -3.34. The summed E-state index contributed by atoms with van der Waals surface area (Å²) in [5.74, 6) is -0.874. The second-order valence-corrected chi connectivity index (χ2v) is 8.24. The maximum absolute atomic E-state index is 12.5. The number of hydrogen-bond donors (Lipinski definition) is 0. The number of hydrogen-bond acceptors (Lipinski definition) is 4. The number of carbonyl (C=O) groups is 4. The Balaban J connectivity index is 0.000000158. The van der Waals surface area contributed by atoms with Gasteiger partial charge in [0.2, 0.25) is 11.6 Å². The summed E-state index contributed by atoms with van der Waals surface area (Å²) in [5, 5.41) is -0.397. The minimum Gasteiger partial charge on any atom is -0.289 e. The molecule has 0 bridgehead atoms. The van der Waals surface area contributed by atoms with Crippen LogP contribution in [-0.4, -0.2) is 23.1 Å². The van der Waals surface area contributed by atoms with Gasteiger partial charge in [-0.15, -0.1) is 0 Å². The van der Waals surface area contributed by atoms with Gasteiger partial charge in [0.1, 0.15) is 10.1 Å². The monoisotopic (exact) mass is 462 g/mol. The minimum absolute atomic E-state index is 0.0404. The minimum atomic E-state index is -0.396. The van der Waals surface area contributed by atoms with E-state index in [4.69, 9.17) is 23.2 Å². The molecule has 0 heterocycles. The highest BCUT2D eigenvalue weighted by atomic mass is 35.5. The van der Waals surface area contributed by atoms with Gasteiger partial charge in [0.25, 0.3) is 0 Å². The van der Waals surface area contributed by atoms with Crippen LogP contribution in [0.3, 0.4) is 0 Å². The van der Waals surface area contributed by atoms with Crippen LogP contribution in [0, 0.1) is 13.8 Å². The first-order chi connectivity index (χ1) is 15.2. The number of halogens is 2. The van der Waals surface area contributed by atoms with Crippen molar-refractivity contribution in [2.75, 3.05) is 0 Å². The third-order valence-electron chi connectivity index (χ3n) is 5.50. The molecule has 0 radical (unpaired) electrons. The van der Waals surface area contributed by atoms with Gasteiger partial charge in [-0.2, -0.15) is 0 Å². The number of benzene rings is 3. The normalized spacial score (nSPS) is 14.4. The molecule has 0 aliphatic heterocycles. The van der Waals surface area contributed by atoms with Crippen LogP contribution < -0.4 is 0 Å². The predicted octanol–water partition coefficient (Wildman–Crippen LogP) is 5.83. The van der Waals surface area contributed by atoms with E-state index in [1.165, 1.54) is 0 Å². The second kappa shape index (κ2) is 8.30. The number of allylic oxidation sites excluding steroid dienone is 2. The molecular formula is C26H16Cl2O4. The van der Waals surface area contributed by atoms with E-state index in [0.717, 1.165) is 11.1 Å². The summed E-state index contributed by atoms with van der Waals surface area (Å²) in [7, 11) is 0. The molecule has 6 heteroatoms. The lowest BCUT2D eigenvalue weighted by Crippen LogP contribution is -2.23. The SMILES string of the molecule is Cc1ccc(C)c2c1C(=O)c1ccccc1C2=O.O=C1C(Cl)=C(Cl)C(=O)c2ccccc21. The first-order valence-corrected chi connectivity index (χ1v) is 10.5. The Labute approximate surface area is 194 Å². The summed E-state index contributed by atoms with van der Waals surface area (Å²) >= 11 is 11.2. The van der Waals surface area contributed by atoms with Crippen molar-refractivity contribution < 1.29 is 19.2 Å². The number of rotatable bonds is 0. The lowest BCUT2D eigenvalue weighted by molar-refractivity contribution is 0.0978.